The van der Waals surface area contributed by atoms with Gasteiger partial charge in [-0.3, -0.25) is 4.79 Å². The Hall–Kier alpha value is -1.13. The zero-order valence-corrected chi connectivity index (χ0v) is 12.8. The van der Waals surface area contributed by atoms with E-state index in [9.17, 15) is 4.79 Å². The van der Waals surface area contributed by atoms with Crippen LogP contribution >= 0.6 is 46.7 Å². The molecule has 2 aromatic rings. The summed E-state index contributed by atoms with van der Waals surface area (Å²) >= 11 is 22.8. The molecule has 7 heteroatoms. The van der Waals surface area contributed by atoms with Gasteiger partial charge in [0.25, 0.3) is 5.91 Å². The molecule has 20 heavy (non-hydrogen) atoms. The van der Waals surface area contributed by atoms with E-state index < -0.39 is 5.91 Å². The molecule has 104 valence electrons. The Kier molecular flexibility index (Phi) is 5.00. The minimum Gasteiger partial charge on any atom is -0.385 e. The topological polar surface area (TPSA) is 38.3 Å². The summed E-state index contributed by atoms with van der Waals surface area (Å²) in [7, 11) is 0. The first-order valence-electron chi connectivity index (χ1n) is 5.36. The van der Waals surface area contributed by atoms with Gasteiger partial charge in [0.1, 0.15) is 11.9 Å². The standard InChI is InChI=1S/C13H7Cl4NO2/c14-7-1-4-12(20-17)9(5-7)13(19)18-8-2-3-10(15)11(16)6-8/h1-6H,(H,18,19). The van der Waals surface area contributed by atoms with Crippen molar-refractivity contribution in [3.63, 3.8) is 0 Å². The predicted molar refractivity (Wildman–Crippen MR) is 82.3 cm³/mol. The fraction of sp³-hybridized carbons (Fsp3) is 0. The Morgan fingerprint density at radius 2 is 1.75 bits per heavy atom. The van der Waals surface area contributed by atoms with Gasteiger partial charge in [-0.1, -0.05) is 34.8 Å². The Labute approximate surface area is 135 Å². The lowest BCUT2D eigenvalue weighted by atomic mass is 10.2. The van der Waals surface area contributed by atoms with Gasteiger partial charge in [0.2, 0.25) is 0 Å². The van der Waals surface area contributed by atoms with Gasteiger partial charge in [-0.15, -0.1) is 0 Å². The highest BCUT2D eigenvalue weighted by Crippen LogP contribution is 2.27. The third kappa shape index (κ3) is 3.49. The Morgan fingerprint density at radius 1 is 1.00 bits per heavy atom. The number of nitrogens with one attached hydrogen (secondary N) is 1. The molecule has 0 saturated carbocycles. The molecule has 0 aliphatic rings. The second kappa shape index (κ2) is 6.55. The van der Waals surface area contributed by atoms with E-state index >= 15 is 0 Å². The first kappa shape index (κ1) is 15.3. The van der Waals surface area contributed by atoms with Crippen molar-refractivity contribution in [2.24, 2.45) is 0 Å². The van der Waals surface area contributed by atoms with Crippen LogP contribution in [0.15, 0.2) is 36.4 Å². The Balaban J connectivity index is 2.27. The number of carbonyl (C=O) groups is 1. The first-order chi connectivity index (χ1) is 9.51. The number of halogens is 4. The summed E-state index contributed by atoms with van der Waals surface area (Å²) in [6.07, 6.45) is 0. The van der Waals surface area contributed by atoms with Gasteiger partial charge < -0.3 is 9.61 Å². The number of benzene rings is 2. The zero-order valence-electron chi connectivity index (χ0n) is 9.79. The number of hydrogen-bond acceptors (Lipinski definition) is 2. The van der Waals surface area contributed by atoms with Gasteiger partial charge in [-0.25, -0.2) is 0 Å². The maximum atomic E-state index is 12.2. The molecule has 0 aliphatic heterocycles. The van der Waals surface area contributed by atoms with Crippen LogP contribution in [-0.4, -0.2) is 5.91 Å². The van der Waals surface area contributed by atoms with Crippen LogP contribution in [-0.2, 0) is 0 Å². The average Bonchev–Trinajstić information content (AvgIpc) is 2.43. The van der Waals surface area contributed by atoms with Gasteiger partial charge >= 0.3 is 0 Å². The number of amides is 1. The normalized spacial score (nSPS) is 10.2. The lowest BCUT2D eigenvalue weighted by Gasteiger charge is -2.09. The van der Waals surface area contributed by atoms with Crippen molar-refractivity contribution in [1.29, 1.82) is 0 Å². The molecule has 0 atom stereocenters. The van der Waals surface area contributed by atoms with E-state index in [1.165, 1.54) is 18.2 Å². The molecule has 2 aromatic carbocycles. The highest BCUT2D eigenvalue weighted by Gasteiger charge is 2.14. The van der Waals surface area contributed by atoms with E-state index in [1.54, 1.807) is 18.2 Å². The van der Waals surface area contributed by atoms with Crippen molar-refractivity contribution in [2.45, 2.75) is 0 Å². The molecule has 0 spiro atoms. The van der Waals surface area contributed by atoms with E-state index in [-0.39, 0.29) is 11.3 Å². The molecule has 3 nitrogen and oxygen atoms in total. The van der Waals surface area contributed by atoms with Crippen LogP contribution in [0.5, 0.6) is 5.75 Å². The van der Waals surface area contributed by atoms with Crippen LogP contribution < -0.4 is 9.61 Å². The summed E-state index contributed by atoms with van der Waals surface area (Å²) in [6.45, 7) is 0. The largest absolute Gasteiger partial charge is 0.385 e. The Morgan fingerprint density at radius 3 is 2.40 bits per heavy atom. The molecule has 0 fully saturated rings. The lowest BCUT2D eigenvalue weighted by molar-refractivity contribution is 0.102. The molecule has 0 radical (unpaired) electrons. The summed E-state index contributed by atoms with van der Waals surface area (Å²) < 4.78 is 4.61. The Bertz CT molecular complexity index is 661. The fourth-order valence-corrected chi connectivity index (χ4v) is 2.12. The van der Waals surface area contributed by atoms with Crippen LogP contribution in [0.4, 0.5) is 5.69 Å². The molecule has 0 bridgehead atoms. The highest BCUT2D eigenvalue weighted by molar-refractivity contribution is 6.42. The molecule has 1 N–H and O–H groups in total. The van der Waals surface area contributed by atoms with E-state index in [2.05, 4.69) is 9.61 Å². The summed E-state index contributed by atoms with van der Waals surface area (Å²) in [5.74, 6) is -0.227. The van der Waals surface area contributed by atoms with Crippen LogP contribution in [0, 0.1) is 0 Å². The number of hydrogen-bond donors (Lipinski definition) is 1. The fourth-order valence-electron chi connectivity index (χ4n) is 1.52. The van der Waals surface area contributed by atoms with Crippen molar-refractivity contribution in [3.8, 4) is 5.75 Å². The smallest absolute Gasteiger partial charge is 0.259 e. The number of rotatable bonds is 3. The second-order valence-electron chi connectivity index (χ2n) is 3.80. The average molecular weight is 351 g/mol. The summed E-state index contributed by atoms with van der Waals surface area (Å²) in [5.41, 5.74) is 0.698. The first-order valence-corrected chi connectivity index (χ1v) is 6.80. The lowest BCUT2D eigenvalue weighted by Crippen LogP contribution is -2.12. The SMILES string of the molecule is O=C(Nc1ccc(Cl)c(Cl)c1)c1cc(Cl)ccc1OCl. The van der Waals surface area contributed by atoms with Gasteiger partial charge in [0.05, 0.1) is 15.6 Å². The van der Waals surface area contributed by atoms with Crippen LogP contribution in [0.1, 0.15) is 10.4 Å². The van der Waals surface area contributed by atoms with Crippen molar-refractivity contribution in [3.05, 3.63) is 57.0 Å². The summed E-state index contributed by atoms with van der Waals surface area (Å²) in [6, 6.07) is 9.25. The quantitative estimate of drug-likeness (QED) is 0.801. The summed E-state index contributed by atoms with van der Waals surface area (Å²) in [4.78, 5) is 12.2. The molecular weight excluding hydrogens is 344 g/mol. The zero-order chi connectivity index (χ0) is 14.7. The van der Waals surface area contributed by atoms with Crippen molar-refractivity contribution in [1.82, 2.24) is 0 Å². The summed E-state index contributed by atoms with van der Waals surface area (Å²) in [5, 5.41) is 3.78. The third-order valence-corrected chi connectivity index (χ3v) is 3.59. The van der Waals surface area contributed by atoms with E-state index in [1.807, 2.05) is 0 Å². The maximum Gasteiger partial charge on any atom is 0.259 e. The van der Waals surface area contributed by atoms with E-state index in [0.29, 0.717) is 20.8 Å². The predicted octanol–water partition coefficient (Wildman–Crippen LogP) is 5.43. The minimum atomic E-state index is -0.429. The molecule has 0 unspecified atom stereocenters. The number of anilines is 1. The molecule has 0 aromatic heterocycles. The minimum absolute atomic E-state index is 0.202. The van der Waals surface area contributed by atoms with Crippen LogP contribution in [0.25, 0.3) is 0 Å². The highest BCUT2D eigenvalue weighted by atomic mass is 35.5. The molecular formula is C13H7Cl4NO2. The van der Waals surface area contributed by atoms with E-state index in [0.717, 1.165) is 0 Å². The van der Waals surface area contributed by atoms with Crippen LogP contribution in [0.2, 0.25) is 15.1 Å². The molecule has 1 amide bonds. The molecule has 0 heterocycles. The second-order valence-corrected chi connectivity index (χ2v) is 5.21. The van der Waals surface area contributed by atoms with Gasteiger partial charge in [0, 0.05) is 10.7 Å². The number of carbonyl (C=O) groups excluding carboxylic acids is 1. The van der Waals surface area contributed by atoms with Crippen molar-refractivity contribution in [2.75, 3.05) is 5.32 Å². The molecule has 0 saturated heterocycles. The van der Waals surface area contributed by atoms with E-state index in [4.69, 9.17) is 46.7 Å². The van der Waals surface area contributed by atoms with Crippen molar-refractivity contribution < 1.29 is 9.08 Å². The molecule has 2 rings (SSSR count). The molecule has 0 aliphatic carbocycles. The van der Waals surface area contributed by atoms with Gasteiger partial charge in [0.15, 0.2) is 5.75 Å². The third-order valence-electron chi connectivity index (χ3n) is 2.45. The van der Waals surface area contributed by atoms with Crippen LogP contribution in [0.3, 0.4) is 0 Å². The maximum absolute atomic E-state index is 12.2. The van der Waals surface area contributed by atoms with Crippen molar-refractivity contribution >= 4 is 58.3 Å². The van der Waals surface area contributed by atoms with Gasteiger partial charge in [-0.2, -0.15) is 0 Å². The monoisotopic (exact) mass is 349 g/mol. The van der Waals surface area contributed by atoms with Gasteiger partial charge in [-0.05, 0) is 36.4 Å².